The summed E-state index contributed by atoms with van der Waals surface area (Å²) < 4.78 is 75.7. The zero-order chi connectivity index (χ0) is 17.3. The van der Waals surface area contributed by atoms with Crippen molar-refractivity contribution in [3.63, 3.8) is 0 Å². The van der Waals surface area contributed by atoms with Gasteiger partial charge in [-0.3, -0.25) is 4.79 Å². The lowest BCUT2D eigenvalue weighted by atomic mass is 9.97. The lowest BCUT2D eigenvalue weighted by molar-refractivity contribution is -0.0294. The normalized spacial score (nSPS) is 15.5. The second kappa shape index (κ2) is 6.46. The zero-order valence-corrected chi connectivity index (χ0v) is 12.7. The van der Waals surface area contributed by atoms with Gasteiger partial charge in [-0.05, 0) is 35.4 Å². The van der Waals surface area contributed by atoms with E-state index in [0.29, 0.717) is 12.8 Å². The van der Waals surface area contributed by atoms with Crippen molar-refractivity contribution in [3.05, 3.63) is 28.8 Å². The van der Waals surface area contributed by atoms with Crippen molar-refractivity contribution in [2.75, 3.05) is 13.9 Å². The minimum absolute atomic E-state index is 0.0521. The molecule has 0 bridgehead atoms. The van der Waals surface area contributed by atoms with Gasteiger partial charge in [0.15, 0.2) is 13.1 Å². The molecule has 10 heteroatoms. The predicted molar refractivity (Wildman–Crippen MR) is 71.3 cm³/mol. The van der Waals surface area contributed by atoms with E-state index >= 15 is 0 Å². The maximum Gasteiger partial charge on any atom is 0.398 e. The van der Waals surface area contributed by atoms with E-state index in [4.69, 9.17) is 4.74 Å². The van der Waals surface area contributed by atoms with Crippen LogP contribution in [0.15, 0.2) is 12.1 Å². The van der Waals surface area contributed by atoms with Crippen LogP contribution in [0.4, 0.5) is 13.3 Å². The summed E-state index contributed by atoms with van der Waals surface area (Å²) in [4.78, 5) is 11.1. The Hall–Kier alpha value is -1.65. The number of ether oxygens (including phenoxy) is 2. The summed E-state index contributed by atoms with van der Waals surface area (Å²) in [6.07, 6.45) is 1.08. The summed E-state index contributed by atoms with van der Waals surface area (Å²) in [7, 11) is -4.58. The number of hydrogen-bond donors (Lipinski definition) is 0. The van der Waals surface area contributed by atoms with E-state index in [1.54, 1.807) is 0 Å². The van der Waals surface area contributed by atoms with Crippen molar-refractivity contribution in [1.29, 1.82) is 0 Å². The van der Waals surface area contributed by atoms with E-state index in [-0.39, 0.29) is 24.4 Å². The third-order valence-electron chi connectivity index (χ3n) is 3.37. The number of aldehydes is 1. The highest BCUT2D eigenvalue weighted by Crippen LogP contribution is 2.51. The van der Waals surface area contributed by atoms with Gasteiger partial charge in [0.2, 0.25) is 0 Å². The van der Waals surface area contributed by atoms with Crippen LogP contribution in [0.5, 0.6) is 5.75 Å². The zero-order valence-electron chi connectivity index (χ0n) is 11.9. The third kappa shape index (κ3) is 3.19. The number of carbonyl (C=O) groups is 1. The Labute approximate surface area is 130 Å². The van der Waals surface area contributed by atoms with Gasteiger partial charge in [0.1, 0.15) is 5.75 Å². The molecular weight excluding hydrogens is 341 g/mol. The highest BCUT2D eigenvalue weighted by atomic mass is 32.2. The van der Waals surface area contributed by atoms with Gasteiger partial charge in [-0.1, -0.05) is 4.39 Å². The number of methoxy groups -OCH3 is 1. The maximum absolute atomic E-state index is 14.3. The average molecular weight is 354 g/mol. The van der Waals surface area contributed by atoms with Gasteiger partial charge in [0, 0.05) is 18.2 Å². The largest absolute Gasteiger partial charge is 0.467 e. The number of carbonyl (C=O) groups excluding carboxylic acids is 1. The Morgan fingerprint density at radius 2 is 2.00 bits per heavy atom. The summed E-state index contributed by atoms with van der Waals surface area (Å²) in [5, 5.41) is -4.75. The lowest BCUT2D eigenvalue weighted by Gasteiger charge is -2.22. The Morgan fingerprint density at radius 1 is 1.35 bits per heavy atom. The van der Waals surface area contributed by atoms with Gasteiger partial charge in [-0.25, -0.2) is 0 Å². The molecule has 1 aliphatic rings. The summed E-state index contributed by atoms with van der Waals surface area (Å²) >= 11 is 0. The average Bonchev–Trinajstić information content (AvgIpc) is 3.36. The van der Waals surface area contributed by atoms with Crippen molar-refractivity contribution < 1.29 is 40.4 Å². The standard InChI is InChI=1S/C13H13F3O6S/c1-20-7-21-10-5-4-9(6-17)12(11(10)8-2-3-8)13(14,15)23(18,19)22-16/h4-6,8H,2-3,7H2,1H3. The SMILES string of the molecule is COCOc1ccc(C=O)c(C(F)(F)S(=O)(=O)OF)c1C1CC1. The molecule has 23 heavy (non-hydrogen) atoms. The quantitative estimate of drug-likeness (QED) is 0.527. The molecule has 0 unspecified atom stereocenters. The third-order valence-corrected chi connectivity index (χ3v) is 4.37. The smallest absolute Gasteiger partial charge is 0.398 e. The highest BCUT2D eigenvalue weighted by molar-refractivity contribution is 7.87. The number of hydrogen-bond acceptors (Lipinski definition) is 6. The molecule has 1 aromatic rings. The monoisotopic (exact) mass is 354 g/mol. The van der Waals surface area contributed by atoms with Crippen LogP contribution < -0.4 is 4.74 Å². The molecule has 0 N–H and O–H groups in total. The van der Waals surface area contributed by atoms with Gasteiger partial charge >= 0.3 is 15.4 Å². The fourth-order valence-corrected chi connectivity index (χ4v) is 2.79. The summed E-state index contributed by atoms with van der Waals surface area (Å²) in [5.41, 5.74) is -1.86. The molecule has 0 spiro atoms. The molecule has 1 saturated carbocycles. The van der Waals surface area contributed by atoms with Crippen LogP contribution in [0.25, 0.3) is 0 Å². The molecule has 2 rings (SSSR count). The second-order valence-corrected chi connectivity index (χ2v) is 6.47. The fourth-order valence-electron chi connectivity index (χ4n) is 2.23. The molecule has 0 aliphatic heterocycles. The fraction of sp³-hybridized carbons (Fsp3) is 0.462. The Balaban J connectivity index is 2.71. The lowest BCUT2D eigenvalue weighted by Crippen LogP contribution is -2.29. The molecule has 0 heterocycles. The summed E-state index contributed by atoms with van der Waals surface area (Å²) in [5.74, 6) is -0.471. The first-order chi connectivity index (χ1) is 10.8. The summed E-state index contributed by atoms with van der Waals surface area (Å²) in [6.45, 7) is -0.266. The minimum atomic E-state index is -5.89. The van der Waals surface area contributed by atoms with Crippen LogP contribution in [0.2, 0.25) is 0 Å². The molecule has 1 aliphatic carbocycles. The first-order valence-corrected chi connectivity index (χ1v) is 7.87. The van der Waals surface area contributed by atoms with Gasteiger partial charge in [0.05, 0.1) is 5.56 Å². The minimum Gasteiger partial charge on any atom is -0.467 e. The van der Waals surface area contributed by atoms with Crippen molar-refractivity contribution in [2.45, 2.75) is 24.0 Å². The van der Waals surface area contributed by atoms with Crippen molar-refractivity contribution in [2.24, 2.45) is 0 Å². The van der Waals surface area contributed by atoms with Gasteiger partial charge in [0.25, 0.3) is 0 Å². The first kappa shape index (κ1) is 17.7. The van der Waals surface area contributed by atoms with E-state index in [1.165, 1.54) is 13.2 Å². The molecular formula is C13H13F3O6S. The number of alkyl halides is 2. The summed E-state index contributed by atoms with van der Waals surface area (Å²) in [6, 6.07) is 2.24. The van der Waals surface area contributed by atoms with Crippen LogP contribution in [-0.4, -0.2) is 28.6 Å². The second-order valence-electron chi connectivity index (χ2n) is 4.92. The van der Waals surface area contributed by atoms with Crippen molar-refractivity contribution in [3.8, 4) is 5.75 Å². The predicted octanol–water partition coefficient (Wildman–Crippen LogP) is 2.64. The van der Waals surface area contributed by atoms with Crippen LogP contribution >= 0.6 is 0 Å². The van der Waals surface area contributed by atoms with Gasteiger partial charge in [-0.2, -0.15) is 17.2 Å². The highest BCUT2D eigenvalue weighted by Gasteiger charge is 2.54. The number of rotatable bonds is 8. The van der Waals surface area contributed by atoms with Gasteiger partial charge in [-0.15, -0.1) is 0 Å². The van der Waals surface area contributed by atoms with Crippen LogP contribution in [0.3, 0.4) is 0 Å². The molecule has 0 aromatic heterocycles. The Morgan fingerprint density at radius 3 is 2.48 bits per heavy atom. The van der Waals surface area contributed by atoms with Crippen molar-refractivity contribution in [1.82, 2.24) is 0 Å². The number of benzene rings is 1. The molecule has 1 fully saturated rings. The first-order valence-electron chi connectivity index (χ1n) is 6.47. The van der Waals surface area contributed by atoms with E-state index in [1.807, 2.05) is 0 Å². The molecule has 0 atom stereocenters. The van der Waals surface area contributed by atoms with E-state index in [9.17, 15) is 26.5 Å². The molecule has 0 saturated heterocycles. The molecule has 0 amide bonds. The van der Waals surface area contributed by atoms with Crippen LogP contribution in [0.1, 0.15) is 40.2 Å². The van der Waals surface area contributed by atoms with E-state index < -0.39 is 32.4 Å². The van der Waals surface area contributed by atoms with Crippen LogP contribution in [-0.2, 0) is 24.5 Å². The van der Waals surface area contributed by atoms with E-state index in [2.05, 4.69) is 9.12 Å². The Bertz CT molecular complexity index is 700. The number of halogens is 3. The van der Waals surface area contributed by atoms with E-state index in [0.717, 1.165) is 6.07 Å². The van der Waals surface area contributed by atoms with Gasteiger partial charge < -0.3 is 9.47 Å². The molecule has 1 aromatic carbocycles. The molecule has 0 radical (unpaired) electrons. The topological polar surface area (TPSA) is 78.9 Å². The van der Waals surface area contributed by atoms with Crippen molar-refractivity contribution >= 4 is 16.4 Å². The maximum atomic E-state index is 14.3. The molecule has 128 valence electrons. The Kier molecular flexibility index (Phi) is 4.97. The molecule has 6 nitrogen and oxygen atoms in total. The van der Waals surface area contributed by atoms with Crippen LogP contribution in [0, 0.1) is 0 Å².